The first-order valence-corrected chi connectivity index (χ1v) is 11.4. The molecule has 174 valence electrons. The van der Waals surface area contributed by atoms with E-state index in [9.17, 15) is 9.90 Å². The van der Waals surface area contributed by atoms with Gasteiger partial charge < -0.3 is 10.4 Å². The standard InChI is InChI=1S/C28H30N4O2/c1-17-10-22-12-20(6-7-25(22)30-15-17)13-23-14-21(8-9-29-23)27(33)31-16-24-18(2)11-26(28(4,5)34)32-19(24)3/h6-12,14-15,34H,13,16H2,1-5H3,(H,31,33). The number of fused-ring (bicyclic) bond motifs is 1. The molecule has 0 saturated heterocycles. The lowest BCUT2D eigenvalue weighted by Crippen LogP contribution is -2.25. The van der Waals surface area contributed by atoms with Crippen molar-refractivity contribution in [3.05, 3.63) is 99.8 Å². The van der Waals surface area contributed by atoms with Crippen molar-refractivity contribution in [2.24, 2.45) is 0 Å². The normalized spacial score (nSPS) is 11.6. The van der Waals surface area contributed by atoms with Gasteiger partial charge in [-0.2, -0.15) is 0 Å². The van der Waals surface area contributed by atoms with Gasteiger partial charge in [-0.15, -0.1) is 0 Å². The third-order valence-electron chi connectivity index (χ3n) is 5.95. The number of carbonyl (C=O) groups excluding carboxylic acids is 1. The highest BCUT2D eigenvalue weighted by atomic mass is 16.3. The lowest BCUT2D eigenvalue weighted by atomic mass is 9.99. The van der Waals surface area contributed by atoms with Crippen LogP contribution in [0.4, 0.5) is 0 Å². The molecule has 6 nitrogen and oxygen atoms in total. The van der Waals surface area contributed by atoms with E-state index in [2.05, 4.69) is 38.5 Å². The fraction of sp³-hybridized carbons (Fsp3) is 0.286. The van der Waals surface area contributed by atoms with Gasteiger partial charge in [0, 0.05) is 47.7 Å². The van der Waals surface area contributed by atoms with E-state index >= 15 is 0 Å². The minimum absolute atomic E-state index is 0.160. The maximum Gasteiger partial charge on any atom is 0.251 e. The van der Waals surface area contributed by atoms with Gasteiger partial charge in [0.2, 0.25) is 0 Å². The van der Waals surface area contributed by atoms with Crippen LogP contribution in [0.15, 0.2) is 54.9 Å². The molecule has 0 aliphatic rings. The van der Waals surface area contributed by atoms with Crippen LogP contribution in [0.1, 0.15) is 63.5 Å². The van der Waals surface area contributed by atoms with E-state index < -0.39 is 5.60 Å². The summed E-state index contributed by atoms with van der Waals surface area (Å²) in [6, 6.07) is 13.7. The Morgan fingerprint density at radius 1 is 1.03 bits per heavy atom. The maximum atomic E-state index is 12.9. The van der Waals surface area contributed by atoms with Gasteiger partial charge in [-0.1, -0.05) is 6.07 Å². The smallest absolute Gasteiger partial charge is 0.251 e. The Morgan fingerprint density at radius 2 is 1.82 bits per heavy atom. The molecule has 0 atom stereocenters. The molecule has 0 radical (unpaired) electrons. The zero-order chi connectivity index (χ0) is 24.5. The number of hydrogen-bond acceptors (Lipinski definition) is 5. The van der Waals surface area contributed by atoms with Crippen molar-refractivity contribution in [2.45, 2.75) is 53.2 Å². The van der Waals surface area contributed by atoms with E-state index in [4.69, 9.17) is 0 Å². The first-order chi connectivity index (χ1) is 16.1. The molecule has 34 heavy (non-hydrogen) atoms. The van der Waals surface area contributed by atoms with E-state index in [1.54, 1.807) is 26.1 Å². The number of pyridine rings is 3. The number of amides is 1. The molecule has 4 rings (SSSR count). The molecule has 0 aliphatic heterocycles. The summed E-state index contributed by atoms with van der Waals surface area (Å²) in [7, 11) is 0. The highest BCUT2D eigenvalue weighted by Gasteiger charge is 2.20. The van der Waals surface area contributed by atoms with Crippen molar-refractivity contribution in [1.82, 2.24) is 20.3 Å². The molecule has 1 aromatic carbocycles. The molecule has 0 fully saturated rings. The largest absolute Gasteiger partial charge is 0.384 e. The van der Waals surface area contributed by atoms with Gasteiger partial charge in [-0.3, -0.25) is 19.7 Å². The van der Waals surface area contributed by atoms with Crippen molar-refractivity contribution < 1.29 is 9.90 Å². The number of hydrogen-bond donors (Lipinski definition) is 2. The van der Waals surface area contributed by atoms with Gasteiger partial charge in [-0.25, -0.2) is 0 Å². The van der Waals surface area contributed by atoms with Gasteiger partial charge in [-0.05, 0) is 93.3 Å². The number of aliphatic hydroxyl groups is 1. The van der Waals surface area contributed by atoms with Crippen molar-refractivity contribution in [3.8, 4) is 0 Å². The molecule has 0 saturated carbocycles. The van der Waals surface area contributed by atoms with Crippen LogP contribution in [0, 0.1) is 20.8 Å². The van der Waals surface area contributed by atoms with Crippen LogP contribution in [0.25, 0.3) is 10.9 Å². The van der Waals surface area contributed by atoms with Crippen LogP contribution in [-0.4, -0.2) is 26.0 Å². The Morgan fingerprint density at radius 3 is 2.56 bits per heavy atom. The summed E-state index contributed by atoms with van der Waals surface area (Å²) in [5, 5.41) is 14.3. The van der Waals surface area contributed by atoms with Crippen molar-refractivity contribution >= 4 is 16.8 Å². The van der Waals surface area contributed by atoms with Crippen LogP contribution >= 0.6 is 0 Å². The van der Waals surface area contributed by atoms with E-state index in [0.717, 1.165) is 44.5 Å². The molecule has 3 heterocycles. The number of benzene rings is 1. The minimum Gasteiger partial charge on any atom is -0.384 e. The topological polar surface area (TPSA) is 88.0 Å². The molecule has 0 aliphatic carbocycles. The zero-order valence-corrected chi connectivity index (χ0v) is 20.3. The van der Waals surface area contributed by atoms with Crippen molar-refractivity contribution in [3.63, 3.8) is 0 Å². The molecule has 6 heteroatoms. The molecule has 4 aromatic rings. The van der Waals surface area contributed by atoms with Crippen LogP contribution in [-0.2, 0) is 18.6 Å². The van der Waals surface area contributed by atoms with E-state index in [0.29, 0.717) is 24.2 Å². The predicted octanol–water partition coefficient (Wildman–Crippen LogP) is 4.70. The van der Waals surface area contributed by atoms with Crippen molar-refractivity contribution in [1.29, 1.82) is 0 Å². The summed E-state index contributed by atoms with van der Waals surface area (Å²) in [5.41, 5.74) is 6.96. The Hall–Kier alpha value is -3.64. The first-order valence-electron chi connectivity index (χ1n) is 11.4. The molecular weight excluding hydrogens is 424 g/mol. The summed E-state index contributed by atoms with van der Waals surface area (Å²) in [6.07, 6.45) is 4.17. The fourth-order valence-electron chi connectivity index (χ4n) is 4.04. The molecule has 0 unspecified atom stereocenters. The Kier molecular flexibility index (Phi) is 6.44. The second-order valence-corrected chi connectivity index (χ2v) is 9.38. The number of rotatable bonds is 6. The van der Waals surface area contributed by atoms with Gasteiger partial charge >= 0.3 is 0 Å². The number of carbonyl (C=O) groups is 1. The SMILES string of the molecule is Cc1cnc2ccc(Cc3cc(C(=O)NCc4c(C)cc(C(C)(C)O)nc4C)ccn3)cc2c1. The Labute approximate surface area is 200 Å². The highest BCUT2D eigenvalue weighted by Crippen LogP contribution is 2.22. The van der Waals surface area contributed by atoms with Crippen LogP contribution in [0.2, 0.25) is 0 Å². The summed E-state index contributed by atoms with van der Waals surface area (Å²) < 4.78 is 0. The average molecular weight is 455 g/mol. The first kappa shape index (κ1) is 23.5. The molecule has 1 amide bonds. The molecule has 3 aromatic heterocycles. The number of nitrogens with zero attached hydrogens (tertiary/aromatic N) is 3. The van der Waals surface area contributed by atoms with E-state index in [1.807, 2.05) is 45.2 Å². The second-order valence-electron chi connectivity index (χ2n) is 9.38. The maximum absolute atomic E-state index is 12.9. The number of aryl methyl sites for hydroxylation is 3. The zero-order valence-electron chi connectivity index (χ0n) is 20.3. The third-order valence-corrected chi connectivity index (χ3v) is 5.95. The quantitative estimate of drug-likeness (QED) is 0.441. The Bertz CT molecular complexity index is 1350. The van der Waals surface area contributed by atoms with Crippen LogP contribution in [0.3, 0.4) is 0 Å². The summed E-state index contributed by atoms with van der Waals surface area (Å²) in [5.74, 6) is -0.160. The number of aromatic nitrogens is 3. The lowest BCUT2D eigenvalue weighted by Gasteiger charge is -2.20. The highest BCUT2D eigenvalue weighted by molar-refractivity contribution is 5.94. The van der Waals surface area contributed by atoms with Gasteiger partial charge in [0.1, 0.15) is 5.60 Å². The second kappa shape index (κ2) is 9.31. The third kappa shape index (κ3) is 5.29. The minimum atomic E-state index is -1.01. The van der Waals surface area contributed by atoms with E-state index in [1.165, 1.54) is 0 Å². The molecule has 2 N–H and O–H groups in total. The van der Waals surface area contributed by atoms with E-state index in [-0.39, 0.29) is 5.91 Å². The van der Waals surface area contributed by atoms with Gasteiger partial charge in [0.15, 0.2) is 0 Å². The summed E-state index contributed by atoms with van der Waals surface area (Å²) in [6.45, 7) is 9.69. The molecule has 0 bridgehead atoms. The predicted molar refractivity (Wildman–Crippen MR) is 134 cm³/mol. The van der Waals surface area contributed by atoms with Crippen LogP contribution in [0.5, 0.6) is 0 Å². The molecule has 0 spiro atoms. The van der Waals surface area contributed by atoms with Gasteiger partial charge in [0.25, 0.3) is 5.91 Å². The number of nitrogens with one attached hydrogen (secondary N) is 1. The lowest BCUT2D eigenvalue weighted by molar-refractivity contribution is 0.0735. The van der Waals surface area contributed by atoms with Crippen molar-refractivity contribution in [2.75, 3.05) is 0 Å². The molecular formula is C28H30N4O2. The fourth-order valence-corrected chi connectivity index (χ4v) is 4.04. The summed E-state index contributed by atoms with van der Waals surface area (Å²) >= 11 is 0. The average Bonchev–Trinajstić information content (AvgIpc) is 2.77. The monoisotopic (exact) mass is 454 g/mol. The summed E-state index contributed by atoms with van der Waals surface area (Å²) in [4.78, 5) is 26.3. The van der Waals surface area contributed by atoms with Gasteiger partial charge in [0.05, 0.1) is 11.2 Å². The van der Waals surface area contributed by atoms with Crippen LogP contribution < -0.4 is 5.32 Å². The Balaban J connectivity index is 1.47.